The molecule has 0 unspecified atom stereocenters. The van der Waals surface area contributed by atoms with E-state index < -0.39 is 0 Å². The van der Waals surface area contributed by atoms with Gasteiger partial charge in [0, 0.05) is 22.1 Å². The van der Waals surface area contributed by atoms with Gasteiger partial charge in [0.15, 0.2) is 0 Å². The van der Waals surface area contributed by atoms with E-state index in [0.717, 1.165) is 33.5 Å². The molecule has 2 aromatic heterocycles. The zero-order chi connectivity index (χ0) is 36.8. The lowest BCUT2D eigenvalue weighted by Crippen LogP contribution is -2.25. The van der Waals surface area contributed by atoms with Crippen LogP contribution in [0, 0.1) is 0 Å². The van der Waals surface area contributed by atoms with Crippen molar-refractivity contribution in [3.8, 4) is 66.9 Å². The van der Waals surface area contributed by atoms with Gasteiger partial charge in [-0.2, -0.15) is 5.10 Å². The molecule has 260 valence electrons. The van der Waals surface area contributed by atoms with Crippen molar-refractivity contribution in [2.24, 2.45) is 0 Å². The minimum Gasteiger partial charge on any atom is -0.231 e. The average Bonchev–Trinajstić information content (AvgIpc) is 3.94. The predicted octanol–water partition coefficient (Wildman–Crippen LogP) is 13.5. The molecule has 56 heavy (non-hydrogen) atoms. The van der Waals surface area contributed by atoms with Crippen molar-refractivity contribution in [2.45, 2.75) is 5.41 Å². The molecule has 10 aromatic rings. The van der Waals surface area contributed by atoms with Crippen molar-refractivity contribution < 1.29 is 0 Å². The van der Waals surface area contributed by atoms with E-state index in [1.807, 2.05) is 6.20 Å². The predicted molar refractivity (Wildman–Crippen MR) is 231 cm³/mol. The minimum absolute atomic E-state index is 0.365. The topological polar surface area (TPSA) is 17.3 Å². The van der Waals surface area contributed by atoms with Gasteiger partial charge in [0.1, 0.15) is 0 Å². The van der Waals surface area contributed by atoms with Gasteiger partial charge in [0.05, 0.1) is 22.8 Å². The van der Waals surface area contributed by atoms with Crippen LogP contribution >= 0.6 is 0 Å². The third-order valence-electron chi connectivity index (χ3n) is 12.3. The monoisotopic (exact) mass is 710 g/mol. The lowest BCUT2D eigenvalue weighted by atomic mass is 9.70. The standard InChI is InChI=1S/C54H34N2/c1-3-15-36(16-4-1)46-34-55-56-52(38-17-5-2-6-18-38)51(44-22-7-8-23-45(44)53(46)56)37-29-27-35(28-30-37)39-31-32-43-42-21-11-14-26-49(42)54(50(43)33-39)47-24-12-9-19-40(47)41-20-10-13-25-48(41)54/h1-34H. The maximum atomic E-state index is 5.11. The quantitative estimate of drug-likeness (QED) is 0.178. The number of hydrogen-bond acceptors (Lipinski definition) is 1. The second-order valence-electron chi connectivity index (χ2n) is 15.0. The molecule has 0 radical (unpaired) electrons. The summed E-state index contributed by atoms with van der Waals surface area (Å²) in [5.41, 5.74) is 20.7. The van der Waals surface area contributed by atoms with Crippen molar-refractivity contribution in [1.82, 2.24) is 9.61 Å². The highest BCUT2D eigenvalue weighted by Gasteiger charge is 2.51. The molecule has 0 bridgehead atoms. The van der Waals surface area contributed by atoms with E-state index in [0.29, 0.717) is 0 Å². The second kappa shape index (κ2) is 11.9. The van der Waals surface area contributed by atoms with Gasteiger partial charge in [-0.3, -0.25) is 0 Å². The highest BCUT2D eigenvalue weighted by molar-refractivity contribution is 6.13. The van der Waals surface area contributed by atoms with E-state index in [9.17, 15) is 0 Å². The van der Waals surface area contributed by atoms with E-state index in [1.165, 1.54) is 72.0 Å². The van der Waals surface area contributed by atoms with E-state index in [4.69, 9.17) is 5.10 Å². The SMILES string of the molecule is c1ccc(-c2cnn3c(-c4ccccc4)c(-c4ccc(-c5ccc6c(c5)C5(c7ccccc7-c7ccccc75)c5ccccc5-6)cc4)c4ccccc4c23)cc1. The van der Waals surface area contributed by atoms with Gasteiger partial charge in [-0.05, 0) is 78.2 Å². The van der Waals surface area contributed by atoms with Crippen LogP contribution in [-0.2, 0) is 5.41 Å². The molecule has 2 aliphatic rings. The first-order chi connectivity index (χ1) is 27.8. The number of fused-ring (bicyclic) bond motifs is 13. The number of nitrogens with zero attached hydrogens (tertiary/aromatic N) is 2. The first-order valence-corrected chi connectivity index (χ1v) is 19.4. The second-order valence-corrected chi connectivity index (χ2v) is 15.0. The smallest absolute Gasteiger partial charge is 0.0826 e. The molecule has 0 N–H and O–H groups in total. The summed E-state index contributed by atoms with van der Waals surface area (Å²) in [6.45, 7) is 0. The molecule has 0 atom stereocenters. The molecule has 1 spiro atoms. The normalized spacial score (nSPS) is 13.1. The molecular formula is C54H34N2. The van der Waals surface area contributed by atoms with E-state index >= 15 is 0 Å². The van der Waals surface area contributed by atoms with E-state index in [2.05, 4.69) is 205 Å². The minimum atomic E-state index is -0.365. The summed E-state index contributed by atoms with van der Waals surface area (Å²) < 4.78 is 2.16. The van der Waals surface area contributed by atoms with Gasteiger partial charge in [-0.25, -0.2) is 4.52 Å². The molecule has 0 aliphatic heterocycles. The molecule has 0 fully saturated rings. The van der Waals surface area contributed by atoms with E-state index in [1.54, 1.807) is 0 Å². The number of aromatic nitrogens is 2. The summed E-state index contributed by atoms with van der Waals surface area (Å²) in [7, 11) is 0. The van der Waals surface area contributed by atoms with Gasteiger partial charge in [-0.15, -0.1) is 0 Å². The Balaban J connectivity index is 1.05. The first-order valence-electron chi connectivity index (χ1n) is 19.4. The van der Waals surface area contributed by atoms with Crippen LogP contribution in [0.25, 0.3) is 83.2 Å². The molecule has 0 saturated carbocycles. The van der Waals surface area contributed by atoms with Crippen molar-refractivity contribution in [3.05, 3.63) is 229 Å². The lowest BCUT2D eigenvalue weighted by molar-refractivity contribution is 0.794. The largest absolute Gasteiger partial charge is 0.231 e. The fourth-order valence-corrected chi connectivity index (χ4v) is 10.0. The maximum Gasteiger partial charge on any atom is 0.0826 e. The van der Waals surface area contributed by atoms with Crippen LogP contribution in [0.4, 0.5) is 0 Å². The van der Waals surface area contributed by atoms with Gasteiger partial charge in [0.25, 0.3) is 0 Å². The Morgan fingerprint density at radius 2 is 0.821 bits per heavy atom. The van der Waals surface area contributed by atoms with Crippen molar-refractivity contribution in [3.63, 3.8) is 0 Å². The van der Waals surface area contributed by atoms with Gasteiger partial charge >= 0.3 is 0 Å². The number of pyridine rings is 1. The summed E-state index contributed by atoms with van der Waals surface area (Å²) in [4.78, 5) is 0. The average molecular weight is 711 g/mol. The summed E-state index contributed by atoms with van der Waals surface area (Å²) >= 11 is 0. The molecule has 2 nitrogen and oxygen atoms in total. The maximum absolute atomic E-state index is 5.11. The number of rotatable bonds is 4. The molecule has 12 rings (SSSR count). The molecule has 2 heteroatoms. The van der Waals surface area contributed by atoms with Crippen molar-refractivity contribution >= 4 is 16.3 Å². The van der Waals surface area contributed by atoms with Gasteiger partial charge < -0.3 is 0 Å². The molecule has 2 heterocycles. The highest BCUT2D eigenvalue weighted by atomic mass is 15.2. The molecule has 0 saturated heterocycles. The summed E-state index contributed by atoms with van der Waals surface area (Å²) in [6, 6.07) is 73.5. The van der Waals surface area contributed by atoms with Gasteiger partial charge in [-0.1, -0.05) is 194 Å². The fraction of sp³-hybridized carbons (Fsp3) is 0.0185. The van der Waals surface area contributed by atoms with Crippen LogP contribution < -0.4 is 0 Å². The van der Waals surface area contributed by atoms with Crippen LogP contribution in [-0.4, -0.2) is 9.61 Å². The van der Waals surface area contributed by atoms with Crippen LogP contribution in [0.3, 0.4) is 0 Å². The van der Waals surface area contributed by atoms with Crippen LogP contribution in [0.1, 0.15) is 22.3 Å². The summed E-state index contributed by atoms with van der Waals surface area (Å²) in [5, 5.41) is 7.50. The Morgan fingerprint density at radius 3 is 1.45 bits per heavy atom. The van der Waals surface area contributed by atoms with Gasteiger partial charge in [0.2, 0.25) is 0 Å². The molecule has 0 amide bonds. The number of benzene rings is 8. The lowest BCUT2D eigenvalue weighted by Gasteiger charge is -2.30. The third-order valence-corrected chi connectivity index (χ3v) is 12.3. The fourth-order valence-electron chi connectivity index (χ4n) is 10.0. The summed E-state index contributed by atoms with van der Waals surface area (Å²) in [5.74, 6) is 0. The number of hydrogen-bond donors (Lipinski definition) is 0. The van der Waals surface area contributed by atoms with Crippen molar-refractivity contribution in [2.75, 3.05) is 0 Å². The Kier molecular flexibility index (Phi) is 6.58. The van der Waals surface area contributed by atoms with Crippen LogP contribution in [0.2, 0.25) is 0 Å². The van der Waals surface area contributed by atoms with Crippen LogP contribution in [0.15, 0.2) is 206 Å². The zero-order valence-electron chi connectivity index (χ0n) is 30.5. The van der Waals surface area contributed by atoms with E-state index in [-0.39, 0.29) is 5.41 Å². The molecular weight excluding hydrogens is 677 g/mol. The third kappa shape index (κ3) is 4.19. The zero-order valence-corrected chi connectivity index (χ0v) is 30.5. The first kappa shape index (κ1) is 31.1. The Hall–Kier alpha value is -7.29. The molecule has 2 aliphatic carbocycles. The van der Waals surface area contributed by atoms with Crippen LogP contribution in [0.5, 0.6) is 0 Å². The Morgan fingerprint density at radius 1 is 0.339 bits per heavy atom. The Labute approximate surface area is 325 Å². The summed E-state index contributed by atoms with van der Waals surface area (Å²) in [6.07, 6.45) is 2.02. The highest BCUT2D eigenvalue weighted by Crippen LogP contribution is 2.63. The van der Waals surface area contributed by atoms with Crippen molar-refractivity contribution in [1.29, 1.82) is 0 Å². The molecule has 8 aromatic carbocycles. The Bertz CT molecular complexity index is 3110.